The van der Waals surface area contributed by atoms with Gasteiger partial charge in [-0.1, -0.05) is 24.3 Å². The monoisotopic (exact) mass is 603 g/mol. The maximum absolute atomic E-state index is 6.35. The van der Waals surface area contributed by atoms with Crippen LogP contribution in [-0.2, 0) is 0 Å². The van der Waals surface area contributed by atoms with Gasteiger partial charge in [-0.2, -0.15) is 0 Å². The maximum atomic E-state index is 6.35. The van der Waals surface area contributed by atoms with Gasteiger partial charge in [-0.15, -0.1) is 22.7 Å². The molecule has 0 bridgehead atoms. The van der Waals surface area contributed by atoms with Crippen molar-refractivity contribution in [2.75, 3.05) is 0 Å². The smallest absolute Gasteiger partial charge is 0.227 e. The first-order chi connectivity index (χ1) is 21.8. The van der Waals surface area contributed by atoms with Gasteiger partial charge >= 0.3 is 0 Å². The molecule has 5 aromatic heterocycles. The summed E-state index contributed by atoms with van der Waals surface area (Å²) >= 11 is 3.25. The number of rotatable bonds is 5. The number of aromatic nitrogens is 5. The van der Waals surface area contributed by atoms with Gasteiger partial charge in [0, 0.05) is 68.1 Å². The van der Waals surface area contributed by atoms with E-state index in [2.05, 4.69) is 80.2 Å². The summed E-state index contributed by atoms with van der Waals surface area (Å²) in [6.07, 6.45) is 5.49. The van der Waals surface area contributed by atoms with Crippen LogP contribution in [0.2, 0.25) is 0 Å². The van der Waals surface area contributed by atoms with Crippen LogP contribution in [0.5, 0.6) is 0 Å². The Bertz CT molecular complexity index is 2440. The van der Waals surface area contributed by atoms with E-state index in [-0.39, 0.29) is 0 Å². The van der Waals surface area contributed by atoms with Crippen molar-refractivity contribution in [2.45, 2.75) is 0 Å². The molecule has 6 nitrogen and oxygen atoms in total. The van der Waals surface area contributed by atoms with Crippen LogP contribution in [0.3, 0.4) is 0 Å². The Hall–Kier alpha value is -5.44. The fourth-order valence-corrected chi connectivity index (χ4v) is 7.09. The number of fused-ring (bicyclic) bond motifs is 4. The highest BCUT2D eigenvalue weighted by molar-refractivity contribution is 7.13. The molecule has 0 amide bonds. The summed E-state index contributed by atoms with van der Waals surface area (Å²) in [7, 11) is 0. The van der Waals surface area contributed by atoms with Gasteiger partial charge in [-0.25, -0.2) is 15.0 Å². The zero-order valence-electron chi connectivity index (χ0n) is 23.1. The molecular formula is C36H21N5OS2. The predicted molar refractivity (Wildman–Crippen MR) is 179 cm³/mol. The second-order valence-electron chi connectivity index (χ2n) is 10.4. The van der Waals surface area contributed by atoms with Gasteiger partial charge in [0.25, 0.3) is 0 Å². The average Bonchev–Trinajstić information content (AvgIpc) is 3.90. The molecule has 0 aliphatic rings. The van der Waals surface area contributed by atoms with Crippen molar-refractivity contribution in [3.8, 4) is 49.5 Å². The molecule has 0 saturated heterocycles. The Morgan fingerprint density at radius 3 is 2.18 bits per heavy atom. The quantitative estimate of drug-likeness (QED) is 0.196. The highest BCUT2D eigenvalue weighted by Crippen LogP contribution is 2.38. The number of nitrogens with zero attached hydrogens (tertiary/aromatic N) is 5. The summed E-state index contributed by atoms with van der Waals surface area (Å²) in [6, 6.07) is 33.6. The average molecular weight is 604 g/mol. The van der Waals surface area contributed by atoms with Crippen LogP contribution < -0.4 is 0 Å². The van der Waals surface area contributed by atoms with Crippen LogP contribution in [0.15, 0.2) is 131 Å². The third kappa shape index (κ3) is 4.15. The summed E-state index contributed by atoms with van der Waals surface area (Å²) in [4.78, 5) is 18.5. The maximum Gasteiger partial charge on any atom is 0.227 e. The molecule has 4 aromatic carbocycles. The second kappa shape index (κ2) is 10.1. The van der Waals surface area contributed by atoms with E-state index in [9.17, 15) is 0 Å². The molecule has 0 radical (unpaired) electrons. The Morgan fingerprint density at radius 2 is 1.39 bits per heavy atom. The van der Waals surface area contributed by atoms with Crippen LogP contribution in [0, 0.1) is 0 Å². The van der Waals surface area contributed by atoms with Gasteiger partial charge in [-0.3, -0.25) is 4.98 Å². The summed E-state index contributed by atoms with van der Waals surface area (Å²) in [6.45, 7) is 0. The van der Waals surface area contributed by atoms with E-state index in [1.54, 1.807) is 22.7 Å². The standard InChI is InChI=1S/C36H21N5OS2/c1-2-13-37-29(6-1)22-4-3-5-26(18-22)41-31-12-9-24(35-38-14-16-43-35)19-28(31)27-10-7-23(20-32(27)41)34-40-30-11-8-25(21-33(30)42-34)36-39-15-17-44-36/h1-21H. The molecule has 9 rings (SSSR count). The lowest BCUT2D eigenvalue weighted by molar-refractivity contribution is 0.620. The van der Waals surface area contributed by atoms with Crippen LogP contribution in [0.4, 0.5) is 0 Å². The Labute approximate surface area is 259 Å². The van der Waals surface area contributed by atoms with E-state index in [1.807, 2.05) is 65.7 Å². The lowest BCUT2D eigenvalue weighted by Gasteiger charge is -2.10. The van der Waals surface area contributed by atoms with Crippen molar-refractivity contribution in [2.24, 2.45) is 0 Å². The number of oxazole rings is 1. The molecule has 0 fully saturated rings. The van der Waals surface area contributed by atoms with E-state index in [0.717, 1.165) is 76.6 Å². The molecule has 44 heavy (non-hydrogen) atoms. The molecule has 0 unspecified atom stereocenters. The Kier molecular flexibility index (Phi) is 5.75. The fourth-order valence-electron chi connectivity index (χ4n) is 5.82. The van der Waals surface area contributed by atoms with E-state index in [0.29, 0.717) is 5.89 Å². The normalized spacial score (nSPS) is 11.6. The van der Waals surface area contributed by atoms with Gasteiger partial charge in [0.05, 0.1) is 16.7 Å². The first-order valence-corrected chi connectivity index (χ1v) is 15.9. The van der Waals surface area contributed by atoms with E-state index in [4.69, 9.17) is 9.40 Å². The minimum Gasteiger partial charge on any atom is -0.436 e. The summed E-state index contributed by atoms with van der Waals surface area (Å²) in [5.74, 6) is 0.584. The molecule has 8 heteroatoms. The molecule has 0 atom stereocenters. The molecule has 0 aliphatic heterocycles. The molecule has 0 spiro atoms. The second-order valence-corrected chi connectivity index (χ2v) is 12.2. The van der Waals surface area contributed by atoms with E-state index < -0.39 is 0 Å². The third-order valence-corrected chi connectivity index (χ3v) is 9.47. The topological polar surface area (TPSA) is 69.6 Å². The van der Waals surface area contributed by atoms with Crippen molar-refractivity contribution in [1.82, 2.24) is 24.5 Å². The molecular weight excluding hydrogens is 583 g/mol. The molecule has 208 valence electrons. The number of benzene rings is 4. The number of thiazole rings is 2. The van der Waals surface area contributed by atoms with E-state index in [1.165, 1.54) is 0 Å². The molecule has 9 aromatic rings. The third-order valence-electron chi connectivity index (χ3n) is 7.83. The van der Waals surface area contributed by atoms with Gasteiger partial charge in [0.1, 0.15) is 15.5 Å². The van der Waals surface area contributed by atoms with Crippen LogP contribution in [-0.4, -0.2) is 24.5 Å². The number of hydrogen-bond acceptors (Lipinski definition) is 7. The fraction of sp³-hybridized carbons (Fsp3) is 0. The van der Waals surface area contributed by atoms with Crippen molar-refractivity contribution >= 4 is 55.6 Å². The first kappa shape index (κ1) is 25.1. The molecule has 5 heterocycles. The highest BCUT2D eigenvalue weighted by Gasteiger charge is 2.18. The lowest BCUT2D eigenvalue weighted by atomic mass is 10.1. The minimum absolute atomic E-state index is 0.584. The van der Waals surface area contributed by atoms with Gasteiger partial charge in [-0.05, 0) is 72.8 Å². The zero-order valence-corrected chi connectivity index (χ0v) is 24.7. The van der Waals surface area contributed by atoms with Gasteiger partial charge < -0.3 is 8.98 Å². The molecule has 0 aliphatic carbocycles. The van der Waals surface area contributed by atoms with Crippen LogP contribution >= 0.6 is 22.7 Å². The van der Waals surface area contributed by atoms with Crippen LogP contribution in [0.25, 0.3) is 82.4 Å². The lowest BCUT2D eigenvalue weighted by Crippen LogP contribution is -1.95. The number of hydrogen-bond donors (Lipinski definition) is 0. The molecule has 0 saturated carbocycles. The Morgan fingerprint density at radius 1 is 0.568 bits per heavy atom. The Balaban J connectivity index is 1.25. The van der Waals surface area contributed by atoms with Crippen LogP contribution in [0.1, 0.15) is 0 Å². The number of pyridine rings is 1. The summed E-state index contributed by atoms with van der Waals surface area (Å²) in [5, 5.41) is 8.26. The highest BCUT2D eigenvalue weighted by atomic mass is 32.1. The first-order valence-electron chi connectivity index (χ1n) is 14.1. The van der Waals surface area contributed by atoms with Gasteiger partial charge in [0.2, 0.25) is 5.89 Å². The van der Waals surface area contributed by atoms with Crippen molar-refractivity contribution in [1.29, 1.82) is 0 Å². The largest absolute Gasteiger partial charge is 0.436 e. The summed E-state index contributed by atoms with van der Waals surface area (Å²) in [5.41, 5.74) is 9.82. The van der Waals surface area contributed by atoms with E-state index >= 15 is 0 Å². The van der Waals surface area contributed by atoms with Crippen molar-refractivity contribution in [3.63, 3.8) is 0 Å². The van der Waals surface area contributed by atoms with Crippen molar-refractivity contribution < 1.29 is 4.42 Å². The zero-order chi connectivity index (χ0) is 29.0. The molecule has 0 N–H and O–H groups in total. The van der Waals surface area contributed by atoms with Gasteiger partial charge in [0.15, 0.2) is 5.58 Å². The predicted octanol–water partition coefficient (Wildman–Crippen LogP) is 9.90. The summed E-state index contributed by atoms with van der Waals surface area (Å²) < 4.78 is 8.66. The SMILES string of the molecule is c1ccc(-c2cccc(-n3c4ccc(-c5nccs5)cc4c4ccc(-c5nc6ccc(-c7nccs7)cc6o5)cc43)c2)nc1. The van der Waals surface area contributed by atoms with Crippen molar-refractivity contribution in [3.05, 3.63) is 126 Å². The minimum atomic E-state index is 0.584.